The van der Waals surface area contributed by atoms with Crippen molar-refractivity contribution >= 4 is 71.6 Å². The van der Waals surface area contributed by atoms with Crippen LogP contribution < -0.4 is 4.90 Å². The summed E-state index contributed by atoms with van der Waals surface area (Å²) in [4.78, 5) is 2.46. The average Bonchev–Trinajstić information content (AvgIpc) is 4.04. The van der Waals surface area contributed by atoms with Gasteiger partial charge in [-0.3, -0.25) is 0 Å². The van der Waals surface area contributed by atoms with Gasteiger partial charge >= 0.3 is 0 Å². The summed E-state index contributed by atoms with van der Waals surface area (Å²) in [6.07, 6.45) is 0. The minimum Gasteiger partial charge on any atom is -0.455 e. The van der Waals surface area contributed by atoms with Crippen LogP contribution in [0.3, 0.4) is 0 Å². The van der Waals surface area contributed by atoms with Gasteiger partial charge in [0.2, 0.25) is 0 Å². The van der Waals surface area contributed by atoms with Gasteiger partial charge in [-0.15, -0.1) is 0 Å². The first kappa shape index (κ1) is 40.2. The van der Waals surface area contributed by atoms with E-state index in [4.69, 9.17) is 4.42 Å². The summed E-state index contributed by atoms with van der Waals surface area (Å²) in [5.41, 5.74) is 20.5. The summed E-state index contributed by atoms with van der Waals surface area (Å²) in [6, 6.07) is 88.8. The van der Waals surface area contributed by atoms with Gasteiger partial charge in [0.05, 0.1) is 16.7 Å². The number of anilines is 3. The molecular formula is C67H46N2O. The number of nitrogens with zero attached hydrogens (tertiary/aromatic N) is 2. The van der Waals surface area contributed by atoms with Crippen LogP contribution >= 0.6 is 0 Å². The molecule has 0 saturated carbocycles. The van der Waals surface area contributed by atoms with Crippen molar-refractivity contribution in [1.82, 2.24) is 4.57 Å². The van der Waals surface area contributed by atoms with E-state index in [2.05, 4.69) is 266 Å². The Morgan fingerprint density at radius 3 is 1.81 bits per heavy atom. The zero-order valence-corrected chi connectivity index (χ0v) is 38.9. The molecule has 13 aromatic rings. The molecule has 0 radical (unpaired) electrons. The normalized spacial score (nSPS) is 12.8. The van der Waals surface area contributed by atoms with Gasteiger partial charge in [-0.25, -0.2) is 0 Å². The highest BCUT2D eigenvalue weighted by atomic mass is 16.3. The molecule has 0 aliphatic heterocycles. The van der Waals surface area contributed by atoms with Gasteiger partial charge in [-0.2, -0.15) is 0 Å². The van der Waals surface area contributed by atoms with Gasteiger partial charge in [-0.05, 0) is 128 Å². The van der Waals surface area contributed by atoms with E-state index in [-0.39, 0.29) is 5.41 Å². The molecule has 2 heterocycles. The number of hydrogen-bond acceptors (Lipinski definition) is 2. The molecule has 0 unspecified atom stereocenters. The van der Waals surface area contributed by atoms with Crippen LogP contribution in [0.4, 0.5) is 17.1 Å². The van der Waals surface area contributed by atoms with Crippen LogP contribution in [0, 0.1) is 0 Å². The Morgan fingerprint density at radius 1 is 0.371 bits per heavy atom. The SMILES string of the molecule is CC1(C)c2ccccc2-c2ccc(-c3cccc(N(c4cc(-c5ccc(-n6c7ccccc7c7ccccc76)cc5)c5oc6ccccc6c5c4)c4ccccc4-c4ccc5ccccc5c4)c3)cc21. The molecule has 0 fully saturated rings. The van der Waals surface area contributed by atoms with Gasteiger partial charge < -0.3 is 13.9 Å². The second-order valence-electron chi connectivity index (χ2n) is 19.3. The van der Waals surface area contributed by atoms with Gasteiger partial charge in [0.15, 0.2) is 0 Å². The van der Waals surface area contributed by atoms with Crippen molar-refractivity contribution in [2.75, 3.05) is 4.90 Å². The van der Waals surface area contributed by atoms with Crippen molar-refractivity contribution in [1.29, 1.82) is 0 Å². The molecule has 0 saturated heterocycles. The third-order valence-corrected chi connectivity index (χ3v) is 15.0. The number of para-hydroxylation sites is 4. The number of aromatic nitrogens is 1. The molecule has 1 aliphatic carbocycles. The lowest BCUT2D eigenvalue weighted by atomic mass is 9.81. The number of fused-ring (bicyclic) bond motifs is 10. The summed E-state index contributed by atoms with van der Waals surface area (Å²) in [5, 5.41) is 7.08. The smallest absolute Gasteiger partial charge is 0.143 e. The summed E-state index contributed by atoms with van der Waals surface area (Å²) >= 11 is 0. The molecule has 0 spiro atoms. The fourth-order valence-electron chi connectivity index (χ4n) is 11.6. The molecule has 0 atom stereocenters. The standard InChI is InChI=1S/C67H46N2O/c1-67(2)60-25-10-5-21-53(60)54-37-34-47(40-61(54)67)46-18-15-19-50(39-46)68(62-26-11-6-20-52(62)48-31-30-43-16-3-4-17-45(43)38-48)51-41-58(66-59(42-51)57-24-9-14-29-65(57)70-66)44-32-35-49(36-33-44)69-63-27-12-7-22-55(63)56-23-8-13-28-64(56)69/h3-42H,1-2H3. The Kier molecular flexibility index (Phi) is 8.93. The van der Waals surface area contributed by atoms with E-state index >= 15 is 0 Å². The molecule has 3 nitrogen and oxygen atoms in total. The maximum absolute atomic E-state index is 6.87. The first-order chi connectivity index (χ1) is 34.5. The highest BCUT2D eigenvalue weighted by Gasteiger charge is 2.35. The van der Waals surface area contributed by atoms with Crippen LogP contribution in [0.5, 0.6) is 0 Å². The predicted octanol–water partition coefficient (Wildman–Crippen LogP) is 18.6. The Labute approximate surface area is 406 Å². The Bertz CT molecular complexity index is 4170. The van der Waals surface area contributed by atoms with Crippen LogP contribution in [0.2, 0.25) is 0 Å². The van der Waals surface area contributed by atoms with Crippen LogP contribution in [-0.2, 0) is 5.41 Å². The fraction of sp³-hybridized carbons (Fsp3) is 0.0448. The summed E-state index contributed by atoms with van der Waals surface area (Å²) < 4.78 is 9.24. The molecule has 0 N–H and O–H groups in total. The van der Waals surface area contributed by atoms with E-state index in [0.29, 0.717) is 0 Å². The van der Waals surface area contributed by atoms with Gasteiger partial charge in [0, 0.05) is 55.1 Å². The van der Waals surface area contributed by atoms with Crippen molar-refractivity contribution in [3.63, 3.8) is 0 Å². The van der Waals surface area contributed by atoms with Crippen LogP contribution in [-0.4, -0.2) is 4.57 Å². The highest BCUT2D eigenvalue weighted by molar-refractivity contribution is 6.12. The van der Waals surface area contributed by atoms with Crippen LogP contribution in [0.15, 0.2) is 247 Å². The van der Waals surface area contributed by atoms with Crippen molar-refractivity contribution < 1.29 is 4.42 Å². The first-order valence-electron chi connectivity index (χ1n) is 24.2. The topological polar surface area (TPSA) is 21.3 Å². The number of hydrogen-bond donors (Lipinski definition) is 0. The molecule has 330 valence electrons. The zero-order valence-electron chi connectivity index (χ0n) is 38.9. The molecule has 0 bridgehead atoms. The summed E-state index contributed by atoms with van der Waals surface area (Å²) in [6.45, 7) is 4.71. The minimum absolute atomic E-state index is 0.106. The Balaban J connectivity index is 0.977. The first-order valence-corrected chi connectivity index (χ1v) is 24.2. The van der Waals surface area contributed by atoms with Crippen LogP contribution in [0.25, 0.3) is 105 Å². The Morgan fingerprint density at radius 2 is 1.00 bits per heavy atom. The second-order valence-corrected chi connectivity index (χ2v) is 19.3. The predicted molar refractivity (Wildman–Crippen MR) is 294 cm³/mol. The molecule has 0 amide bonds. The zero-order chi connectivity index (χ0) is 46.5. The lowest BCUT2D eigenvalue weighted by Crippen LogP contribution is -2.14. The maximum Gasteiger partial charge on any atom is 0.143 e. The lowest BCUT2D eigenvalue weighted by Gasteiger charge is -2.29. The molecule has 2 aromatic heterocycles. The third kappa shape index (κ3) is 6.21. The molecule has 1 aliphatic rings. The van der Waals surface area contributed by atoms with E-state index in [1.54, 1.807) is 0 Å². The monoisotopic (exact) mass is 894 g/mol. The quantitative estimate of drug-likeness (QED) is 0.159. The molecular weight excluding hydrogens is 849 g/mol. The van der Waals surface area contributed by atoms with Crippen molar-refractivity contribution in [3.8, 4) is 50.2 Å². The minimum atomic E-state index is -0.106. The fourth-order valence-corrected chi connectivity index (χ4v) is 11.6. The number of rotatable bonds is 7. The van der Waals surface area contributed by atoms with Crippen LogP contribution in [0.1, 0.15) is 25.0 Å². The number of furan rings is 1. The lowest BCUT2D eigenvalue weighted by molar-refractivity contribution is 0.660. The third-order valence-electron chi connectivity index (χ3n) is 15.0. The molecule has 11 aromatic carbocycles. The number of benzene rings is 11. The summed E-state index contributed by atoms with van der Waals surface area (Å²) in [7, 11) is 0. The second kappa shape index (κ2) is 15.6. The van der Waals surface area contributed by atoms with Gasteiger partial charge in [0.25, 0.3) is 0 Å². The van der Waals surface area contributed by atoms with Gasteiger partial charge in [0.1, 0.15) is 11.2 Å². The summed E-state index contributed by atoms with van der Waals surface area (Å²) in [5.74, 6) is 0. The molecule has 70 heavy (non-hydrogen) atoms. The van der Waals surface area contributed by atoms with E-state index in [9.17, 15) is 0 Å². The Hall–Kier alpha value is -8.92. The van der Waals surface area contributed by atoms with Crippen molar-refractivity contribution in [2.24, 2.45) is 0 Å². The highest BCUT2D eigenvalue weighted by Crippen LogP contribution is 2.51. The molecule has 14 rings (SSSR count). The maximum atomic E-state index is 6.87. The van der Waals surface area contributed by atoms with E-state index in [1.165, 1.54) is 60.4 Å². The largest absolute Gasteiger partial charge is 0.455 e. The average molecular weight is 895 g/mol. The van der Waals surface area contributed by atoms with Crippen molar-refractivity contribution in [2.45, 2.75) is 19.3 Å². The molecule has 3 heteroatoms. The van der Waals surface area contributed by atoms with E-state index in [1.807, 2.05) is 0 Å². The van der Waals surface area contributed by atoms with E-state index in [0.717, 1.165) is 72.5 Å². The van der Waals surface area contributed by atoms with E-state index < -0.39 is 0 Å². The van der Waals surface area contributed by atoms with Gasteiger partial charge in [-0.1, -0.05) is 184 Å². The van der Waals surface area contributed by atoms with Crippen molar-refractivity contribution in [3.05, 3.63) is 254 Å².